The van der Waals surface area contributed by atoms with Gasteiger partial charge in [0.2, 0.25) is 10.3 Å². The number of nitrogen functional groups attached to an aromatic ring is 1. The van der Waals surface area contributed by atoms with E-state index in [1.54, 1.807) is 12.1 Å². The van der Waals surface area contributed by atoms with Gasteiger partial charge in [-0.2, -0.15) is 0 Å². The van der Waals surface area contributed by atoms with Gasteiger partial charge in [0.25, 0.3) is 5.91 Å². The number of halogens is 1. The summed E-state index contributed by atoms with van der Waals surface area (Å²) < 4.78 is 0. The number of rotatable bonds is 2. The Morgan fingerprint density at radius 1 is 1.47 bits per heavy atom. The third kappa shape index (κ3) is 2.54. The molecule has 1 amide bonds. The van der Waals surface area contributed by atoms with E-state index in [9.17, 15) is 4.79 Å². The van der Waals surface area contributed by atoms with Gasteiger partial charge in [0, 0.05) is 0 Å². The molecular formula is C10H9ClN4OS. The second-order valence-corrected chi connectivity index (χ2v) is 4.72. The highest BCUT2D eigenvalue weighted by molar-refractivity contribution is 7.19. The van der Waals surface area contributed by atoms with E-state index in [0.29, 0.717) is 20.8 Å². The van der Waals surface area contributed by atoms with E-state index in [1.165, 1.54) is 0 Å². The smallest absolute Gasteiger partial charge is 0.259 e. The summed E-state index contributed by atoms with van der Waals surface area (Å²) in [7, 11) is 0. The van der Waals surface area contributed by atoms with E-state index in [-0.39, 0.29) is 5.91 Å². The molecule has 88 valence electrons. The fourth-order valence-electron chi connectivity index (χ4n) is 1.27. The fourth-order valence-corrected chi connectivity index (χ4v) is 1.99. The van der Waals surface area contributed by atoms with Crippen molar-refractivity contribution in [2.75, 3.05) is 11.1 Å². The third-order valence-electron chi connectivity index (χ3n) is 2.10. The molecular weight excluding hydrogens is 260 g/mol. The van der Waals surface area contributed by atoms with Crippen molar-refractivity contribution >= 4 is 39.1 Å². The molecule has 0 saturated carbocycles. The molecule has 1 aromatic heterocycles. The molecule has 0 radical (unpaired) electrons. The maximum absolute atomic E-state index is 11.9. The molecule has 2 aromatic rings. The molecule has 0 aliphatic rings. The highest BCUT2D eigenvalue weighted by Gasteiger charge is 2.13. The van der Waals surface area contributed by atoms with E-state index in [0.717, 1.165) is 16.9 Å². The summed E-state index contributed by atoms with van der Waals surface area (Å²) in [5.74, 6) is -0.324. The molecule has 1 aromatic carbocycles. The summed E-state index contributed by atoms with van der Waals surface area (Å²) in [6, 6.07) is 5.25. The van der Waals surface area contributed by atoms with Crippen LogP contribution in [0.15, 0.2) is 18.2 Å². The first kappa shape index (κ1) is 11.8. The standard InChI is InChI=1S/C10H9ClN4OS/c1-5-3-2-4-6(7(5)11)8(16)13-10-15-14-9(12)17-10/h2-4H,1H3,(H2,12,14)(H,13,15,16). The average Bonchev–Trinajstić information content (AvgIpc) is 2.68. The van der Waals surface area contributed by atoms with E-state index in [1.807, 2.05) is 13.0 Å². The number of aryl methyl sites for hydroxylation is 1. The first-order valence-electron chi connectivity index (χ1n) is 4.73. The lowest BCUT2D eigenvalue weighted by molar-refractivity contribution is 0.102. The summed E-state index contributed by atoms with van der Waals surface area (Å²) >= 11 is 7.14. The van der Waals surface area contributed by atoms with Crippen molar-refractivity contribution in [3.05, 3.63) is 34.3 Å². The van der Waals surface area contributed by atoms with Gasteiger partial charge in [-0.05, 0) is 18.6 Å². The molecule has 0 fully saturated rings. The molecule has 7 heteroatoms. The third-order valence-corrected chi connectivity index (χ3v) is 3.27. The van der Waals surface area contributed by atoms with Gasteiger partial charge < -0.3 is 5.73 Å². The lowest BCUT2D eigenvalue weighted by atomic mass is 10.1. The number of hydrogen-bond donors (Lipinski definition) is 2. The van der Waals surface area contributed by atoms with Gasteiger partial charge >= 0.3 is 0 Å². The van der Waals surface area contributed by atoms with Crippen LogP contribution in [0.2, 0.25) is 5.02 Å². The molecule has 0 atom stereocenters. The molecule has 17 heavy (non-hydrogen) atoms. The molecule has 3 N–H and O–H groups in total. The first-order valence-corrected chi connectivity index (χ1v) is 5.93. The second-order valence-electron chi connectivity index (χ2n) is 3.34. The average molecular weight is 269 g/mol. The Balaban J connectivity index is 2.23. The number of hydrogen-bond acceptors (Lipinski definition) is 5. The van der Waals surface area contributed by atoms with Gasteiger partial charge in [-0.1, -0.05) is 35.1 Å². The Bertz CT molecular complexity index is 569. The summed E-state index contributed by atoms with van der Waals surface area (Å²) in [5, 5.41) is 11.0. The van der Waals surface area contributed by atoms with Gasteiger partial charge in [0.1, 0.15) is 0 Å². The zero-order valence-corrected chi connectivity index (χ0v) is 10.5. The number of aromatic nitrogens is 2. The Hall–Kier alpha value is -1.66. The first-order chi connectivity index (χ1) is 8.08. The van der Waals surface area contributed by atoms with Crippen LogP contribution in [0.1, 0.15) is 15.9 Å². The zero-order chi connectivity index (χ0) is 12.4. The molecule has 0 bridgehead atoms. The van der Waals surface area contributed by atoms with Crippen LogP contribution in [0.5, 0.6) is 0 Å². The maximum Gasteiger partial charge on any atom is 0.259 e. The van der Waals surface area contributed by atoms with Crippen molar-refractivity contribution in [1.82, 2.24) is 10.2 Å². The number of anilines is 2. The van der Waals surface area contributed by atoms with Gasteiger partial charge in [0.05, 0.1) is 10.6 Å². The predicted octanol–water partition coefficient (Wildman–Crippen LogP) is 2.33. The molecule has 0 aliphatic carbocycles. The lowest BCUT2D eigenvalue weighted by Crippen LogP contribution is -2.12. The molecule has 5 nitrogen and oxygen atoms in total. The fraction of sp³-hybridized carbons (Fsp3) is 0.100. The number of nitrogens with zero attached hydrogens (tertiary/aromatic N) is 2. The van der Waals surface area contributed by atoms with Crippen LogP contribution >= 0.6 is 22.9 Å². The van der Waals surface area contributed by atoms with Crippen LogP contribution in [-0.2, 0) is 0 Å². The summed E-state index contributed by atoms with van der Waals surface area (Å²) in [4.78, 5) is 11.9. The summed E-state index contributed by atoms with van der Waals surface area (Å²) in [5.41, 5.74) is 6.66. The van der Waals surface area contributed by atoms with Crippen molar-refractivity contribution < 1.29 is 4.79 Å². The minimum Gasteiger partial charge on any atom is -0.374 e. The van der Waals surface area contributed by atoms with Crippen molar-refractivity contribution in [1.29, 1.82) is 0 Å². The number of nitrogens with one attached hydrogen (secondary N) is 1. The zero-order valence-electron chi connectivity index (χ0n) is 8.90. The molecule has 0 saturated heterocycles. The highest BCUT2D eigenvalue weighted by atomic mass is 35.5. The minimum atomic E-state index is -0.324. The van der Waals surface area contributed by atoms with Crippen LogP contribution in [0.25, 0.3) is 0 Å². The number of carbonyl (C=O) groups excluding carboxylic acids is 1. The van der Waals surface area contributed by atoms with E-state index in [4.69, 9.17) is 17.3 Å². The SMILES string of the molecule is Cc1cccc(C(=O)Nc2nnc(N)s2)c1Cl. The molecule has 2 rings (SSSR count). The Kier molecular flexibility index (Phi) is 3.26. The van der Waals surface area contributed by atoms with Crippen molar-refractivity contribution in [3.8, 4) is 0 Å². The number of benzene rings is 1. The Labute approximate surface area is 107 Å². The quantitative estimate of drug-likeness (QED) is 0.876. The Morgan fingerprint density at radius 3 is 2.88 bits per heavy atom. The van der Waals surface area contributed by atoms with E-state index < -0.39 is 0 Å². The van der Waals surface area contributed by atoms with Gasteiger partial charge in [-0.3, -0.25) is 10.1 Å². The summed E-state index contributed by atoms with van der Waals surface area (Å²) in [6.07, 6.45) is 0. The van der Waals surface area contributed by atoms with Crippen molar-refractivity contribution in [3.63, 3.8) is 0 Å². The summed E-state index contributed by atoms with van der Waals surface area (Å²) in [6.45, 7) is 1.84. The van der Waals surface area contributed by atoms with Crippen molar-refractivity contribution in [2.45, 2.75) is 6.92 Å². The monoisotopic (exact) mass is 268 g/mol. The molecule has 0 spiro atoms. The maximum atomic E-state index is 11.9. The van der Waals surface area contributed by atoms with Gasteiger partial charge in [-0.25, -0.2) is 0 Å². The van der Waals surface area contributed by atoms with Crippen LogP contribution in [0.4, 0.5) is 10.3 Å². The largest absolute Gasteiger partial charge is 0.374 e. The highest BCUT2D eigenvalue weighted by Crippen LogP contribution is 2.22. The molecule has 0 aliphatic heterocycles. The lowest BCUT2D eigenvalue weighted by Gasteiger charge is -2.05. The van der Waals surface area contributed by atoms with Crippen LogP contribution in [0.3, 0.4) is 0 Å². The number of carbonyl (C=O) groups is 1. The van der Waals surface area contributed by atoms with Crippen molar-refractivity contribution in [2.24, 2.45) is 0 Å². The van der Waals surface area contributed by atoms with Gasteiger partial charge in [0.15, 0.2) is 0 Å². The van der Waals surface area contributed by atoms with Crippen LogP contribution < -0.4 is 11.1 Å². The topological polar surface area (TPSA) is 80.9 Å². The van der Waals surface area contributed by atoms with E-state index >= 15 is 0 Å². The predicted molar refractivity (Wildman–Crippen MR) is 68.5 cm³/mol. The molecule has 0 unspecified atom stereocenters. The molecule has 1 heterocycles. The number of nitrogens with two attached hydrogens (primary N) is 1. The minimum absolute atomic E-state index is 0.302. The van der Waals surface area contributed by atoms with Crippen LogP contribution in [0, 0.1) is 6.92 Å². The number of amides is 1. The second kappa shape index (κ2) is 4.68. The van der Waals surface area contributed by atoms with Gasteiger partial charge in [-0.15, -0.1) is 10.2 Å². The Morgan fingerprint density at radius 2 is 2.24 bits per heavy atom. The normalized spacial score (nSPS) is 10.2. The van der Waals surface area contributed by atoms with E-state index in [2.05, 4.69) is 15.5 Å². The van der Waals surface area contributed by atoms with Crippen LogP contribution in [-0.4, -0.2) is 16.1 Å².